The van der Waals surface area contributed by atoms with Crippen molar-refractivity contribution in [2.75, 3.05) is 7.11 Å². The molecular formula is C17H15FO3. The zero-order valence-corrected chi connectivity index (χ0v) is 11.8. The summed E-state index contributed by atoms with van der Waals surface area (Å²) < 4.78 is 24.4. The summed E-state index contributed by atoms with van der Waals surface area (Å²) in [5.74, 6) is 0.624. The fraction of sp³-hybridized carbons (Fsp3) is 0.176. The maximum Gasteiger partial charge on any atom is 0.134 e. The minimum Gasteiger partial charge on any atom is -0.496 e. The summed E-state index contributed by atoms with van der Waals surface area (Å²) in [6.07, 6.45) is -1.01. The molecule has 0 fully saturated rings. The molecule has 1 heterocycles. The van der Waals surface area contributed by atoms with Crippen molar-refractivity contribution in [1.82, 2.24) is 0 Å². The van der Waals surface area contributed by atoms with E-state index in [2.05, 4.69) is 0 Å². The van der Waals surface area contributed by atoms with Gasteiger partial charge in [0.05, 0.1) is 7.11 Å². The summed E-state index contributed by atoms with van der Waals surface area (Å²) in [4.78, 5) is 0. The standard InChI is InChI=1S/C17H15FO3/c1-10-16(12-5-3-4-6-15(12)21-10)17(19)13-9-11(18)7-8-14(13)20-2/h3-9,17,19H,1-2H3. The number of aliphatic hydroxyl groups excluding tert-OH is 1. The average Bonchev–Trinajstić information content (AvgIpc) is 2.82. The van der Waals surface area contributed by atoms with E-state index in [0.717, 1.165) is 5.39 Å². The molecule has 0 aliphatic carbocycles. The van der Waals surface area contributed by atoms with Crippen molar-refractivity contribution in [2.24, 2.45) is 0 Å². The number of aryl methyl sites for hydroxylation is 1. The van der Waals surface area contributed by atoms with Crippen LogP contribution in [0.1, 0.15) is 23.0 Å². The van der Waals surface area contributed by atoms with E-state index >= 15 is 0 Å². The number of hydrogen-bond acceptors (Lipinski definition) is 3. The Morgan fingerprint density at radius 3 is 2.71 bits per heavy atom. The van der Waals surface area contributed by atoms with Crippen molar-refractivity contribution in [2.45, 2.75) is 13.0 Å². The summed E-state index contributed by atoms with van der Waals surface area (Å²) >= 11 is 0. The van der Waals surface area contributed by atoms with Crippen LogP contribution in [0.15, 0.2) is 46.9 Å². The largest absolute Gasteiger partial charge is 0.496 e. The first-order valence-electron chi connectivity index (χ1n) is 6.61. The Balaban J connectivity index is 2.19. The van der Waals surface area contributed by atoms with Gasteiger partial charge in [-0.15, -0.1) is 0 Å². The Morgan fingerprint density at radius 1 is 1.19 bits per heavy atom. The Kier molecular flexibility index (Phi) is 3.39. The number of aliphatic hydroxyl groups is 1. The van der Waals surface area contributed by atoms with Gasteiger partial charge < -0.3 is 14.3 Å². The van der Waals surface area contributed by atoms with Crippen LogP contribution in [0.3, 0.4) is 0 Å². The number of hydrogen-bond donors (Lipinski definition) is 1. The highest BCUT2D eigenvalue weighted by Gasteiger charge is 2.23. The molecule has 3 rings (SSSR count). The van der Waals surface area contributed by atoms with Gasteiger partial charge in [-0.3, -0.25) is 0 Å². The quantitative estimate of drug-likeness (QED) is 0.792. The van der Waals surface area contributed by atoms with Crippen LogP contribution in [0.25, 0.3) is 11.0 Å². The number of methoxy groups -OCH3 is 1. The van der Waals surface area contributed by atoms with Gasteiger partial charge in [0.2, 0.25) is 0 Å². The summed E-state index contributed by atoms with van der Waals surface area (Å²) in [7, 11) is 1.49. The minimum atomic E-state index is -1.01. The Hall–Kier alpha value is -2.33. The molecule has 0 radical (unpaired) electrons. The molecule has 3 nitrogen and oxygen atoms in total. The summed E-state index contributed by atoms with van der Waals surface area (Å²) in [6.45, 7) is 1.78. The van der Waals surface area contributed by atoms with Crippen LogP contribution in [0.5, 0.6) is 5.75 Å². The Labute approximate surface area is 121 Å². The zero-order valence-electron chi connectivity index (χ0n) is 11.8. The maximum absolute atomic E-state index is 13.5. The molecule has 4 heteroatoms. The summed E-state index contributed by atoms with van der Waals surface area (Å²) in [6, 6.07) is 11.5. The molecular weight excluding hydrogens is 271 g/mol. The first-order valence-corrected chi connectivity index (χ1v) is 6.61. The number of ether oxygens (including phenoxy) is 1. The second kappa shape index (κ2) is 5.22. The molecule has 0 saturated heterocycles. The zero-order chi connectivity index (χ0) is 15.0. The van der Waals surface area contributed by atoms with E-state index in [9.17, 15) is 9.50 Å². The van der Waals surface area contributed by atoms with Crippen LogP contribution in [0.4, 0.5) is 4.39 Å². The highest BCUT2D eigenvalue weighted by atomic mass is 19.1. The van der Waals surface area contributed by atoms with E-state index in [1.807, 2.05) is 24.3 Å². The van der Waals surface area contributed by atoms with Gasteiger partial charge in [-0.25, -0.2) is 4.39 Å². The van der Waals surface area contributed by atoms with E-state index in [4.69, 9.17) is 9.15 Å². The maximum atomic E-state index is 13.5. The van der Waals surface area contributed by atoms with Crippen LogP contribution >= 0.6 is 0 Å². The van der Waals surface area contributed by atoms with Gasteiger partial charge >= 0.3 is 0 Å². The number of halogens is 1. The fourth-order valence-corrected chi connectivity index (χ4v) is 2.60. The van der Waals surface area contributed by atoms with Crippen LogP contribution < -0.4 is 4.74 Å². The molecule has 1 N–H and O–H groups in total. The molecule has 21 heavy (non-hydrogen) atoms. The molecule has 0 aliphatic rings. The third kappa shape index (κ3) is 2.28. The number of fused-ring (bicyclic) bond motifs is 1. The normalized spacial score (nSPS) is 12.6. The van der Waals surface area contributed by atoms with Crippen molar-refractivity contribution in [1.29, 1.82) is 0 Å². The molecule has 108 valence electrons. The molecule has 1 atom stereocenters. The third-order valence-corrected chi connectivity index (χ3v) is 3.58. The van der Waals surface area contributed by atoms with E-state index in [1.54, 1.807) is 6.92 Å². The van der Waals surface area contributed by atoms with Crippen LogP contribution in [0, 0.1) is 12.7 Å². The van der Waals surface area contributed by atoms with Crippen LogP contribution in [-0.4, -0.2) is 12.2 Å². The SMILES string of the molecule is COc1ccc(F)cc1C(O)c1c(C)oc2ccccc12. The number of benzene rings is 2. The van der Waals surface area contributed by atoms with E-state index < -0.39 is 11.9 Å². The van der Waals surface area contributed by atoms with Crippen molar-refractivity contribution in [3.63, 3.8) is 0 Å². The Bertz CT molecular complexity index is 792. The molecule has 3 aromatic rings. The molecule has 2 aromatic carbocycles. The smallest absolute Gasteiger partial charge is 0.134 e. The first-order chi connectivity index (χ1) is 10.1. The van der Waals surface area contributed by atoms with Crippen molar-refractivity contribution in [3.05, 3.63) is 65.2 Å². The second-order valence-corrected chi connectivity index (χ2v) is 4.86. The van der Waals surface area contributed by atoms with Gasteiger partial charge in [0, 0.05) is 16.5 Å². The topological polar surface area (TPSA) is 42.6 Å². The number of furan rings is 1. The highest BCUT2D eigenvalue weighted by molar-refractivity contribution is 5.83. The van der Waals surface area contributed by atoms with Gasteiger partial charge in [0.25, 0.3) is 0 Å². The molecule has 0 spiro atoms. The summed E-state index contributed by atoms with van der Waals surface area (Å²) in [5.41, 5.74) is 1.71. The van der Waals surface area contributed by atoms with Gasteiger partial charge in [0.1, 0.15) is 29.0 Å². The monoisotopic (exact) mass is 286 g/mol. The van der Waals surface area contributed by atoms with E-state index in [1.165, 1.54) is 25.3 Å². The van der Waals surface area contributed by atoms with E-state index in [-0.39, 0.29) is 0 Å². The molecule has 1 aromatic heterocycles. The van der Waals surface area contributed by atoms with Crippen molar-refractivity contribution >= 4 is 11.0 Å². The lowest BCUT2D eigenvalue weighted by atomic mass is 9.98. The predicted molar refractivity (Wildman–Crippen MR) is 78.0 cm³/mol. The molecule has 0 saturated carbocycles. The van der Waals surface area contributed by atoms with Gasteiger partial charge in [-0.05, 0) is 31.2 Å². The predicted octanol–water partition coefficient (Wildman–Crippen LogP) is 3.97. The molecule has 0 amide bonds. The molecule has 0 bridgehead atoms. The lowest BCUT2D eigenvalue weighted by Gasteiger charge is -2.15. The van der Waals surface area contributed by atoms with Gasteiger partial charge in [0.15, 0.2) is 0 Å². The second-order valence-electron chi connectivity index (χ2n) is 4.86. The van der Waals surface area contributed by atoms with Crippen molar-refractivity contribution in [3.8, 4) is 5.75 Å². The number of para-hydroxylation sites is 1. The van der Waals surface area contributed by atoms with Crippen LogP contribution in [0.2, 0.25) is 0 Å². The Morgan fingerprint density at radius 2 is 1.95 bits per heavy atom. The third-order valence-electron chi connectivity index (χ3n) is 3.58. The highest BCUT2D eigenvalue weighted by Crippen LogP contribution is 2.37. The van der Waals surface area contributed by atoms with Gasteiger partial charge in [-0.2, -0.15) is 0 Å². The minimum absolute atomic E-state index is 0.382. The fourth-order valence-electron chi connectivity index (χ4n) is 2.60. The number of rotatable bonds is 3. The lowest BCUT2D eigenvalue weighted by Crippen LogP contribution is -2.04. The van der Waals surface area contributed by atoms with E-state index in [0.29, 0.717) is 28.2 Å². The lowest BCUT2D eigenvalue weighted by molar-refractivity contribution is 0.213. The van der Waals surface area contributed by atoms with Crippen LogP contribution in [-0.2, 0) is 0 Å². The summed E-state index contributed by atoms with van der Waals surface area (Å²) in [5, 5.41) is 11.5. The van der Waals surface area contributed by atoms with Crippen molar-refractivity contribution < 1.29 is 18.7 Å². The van der Waals surface area contributed by atoms with Gasteiger partial charge in [-0.1, -0.05) is 18.2 Å². The molecule has 0 aliphatic heterocycles. The first kappa shape index (κ1) is 13.6. The molecule has 1 unspecified atom stereocenters. The average molecular weight is 286 g/mol.